The second-order valence-corrected chi connectivity index (χ2v) is 5.92. The molecule has 132 valence electrons. The van der Waals surface area contributed by atoms with Gasteiger partial charge in [-0.2, -0.15) is 0 Å². The van der Waals surface area contributed by atoms with Gasteiger partial charge in [-0.1, -0.05) is 44.4 Å². The SMILES string of the molecule is CCCCCCNC(=O)C(c1ccc([N+](=O)[O-])cc1)c1cccnc1. The van der Waals surface area contributed by atoms with E-state index >= 15 is 0 Å². The molecule has 1 heterocycles. The molecule has 0 spiro atoms. The summed E-state index contributed by atoms with van der Waals surface area (Å²) in [5.74, 6) is -0.640. The van der Waals surface area contributed by atoms with Gasteiger partial charge in [0.05, 0.1) is 10.8 Å². The van der Waals surface area contributed by atoms with Crippen molar-refractivity contribution in [1.29, 1.82) is 0 Å². The van der Waals surface area contributed by atoms with Gasteiger partial charge in [0, 0.05) is 31.1 Å². The van der Waals surface area contributed by atoms with Crippen molar-refractivity contribution in [1.82, 2.24) is 10.3 Å². The molecule has 1 unspecified atom stereocenters. The van der Waals surface area contributed by atoms with E-state index in [0.717, 1.165) is 31.2 Å². The van der Waals surface area contributed by atoms with Crippen LogP contribution in [0.25, 0.3) is 0 Å². The lowest BCUT2D eigenvalue weighted by molar-refractivity contribution is -0.384. The first-order valence-electron chi connectivity index (χ1n) is 8.55. The van der Waals surface area contributed by atoms with E-state index in [4.69, 9.17) is 0 Å². The van der Waals surface area contributed by atoms with E-state index < -0.39 is 10.8 Å². The van der Waals surface area contributed by atoms with Crippen LogP contribution in [0, 0.1) is 10.1 Å². The molecule has 6 nitrogen and oxygen atoms in total. The molecule has 1 aromatic carbocycles. The first kappa shape index (κ1) is 18.6. The molecule has 1 amide bonds. The second kappa shape index (κ2) is 9.52. The summed E-state index contributed by atoms with van der Waals surface area (Å²) in [5, 5.41) is 13.8. The van der Waals surface area contributed by atoms with Crippen molar-refractivity contribution in [3.8, 4) is 0 Å². The van der Waals surface area contributed by atoms with Crippen molar-refractivity contribution in [3.63, 3.8) is 0 Å². The Labute approximate surface area is 147 Å². The average Bonchev–Trinajstić information content (AvgIpc) is 2.63. The summed E-state index contributed by atoms with van der Waals surface area (Å²) in [7, 11) is 0. The minimum atomic E-state index is -0.527. The molecule has 1 atom stereocenters. The number of non-ortho nitro benzene ring substituents is 1. The van der Waals surface area contributed by atoms with Gasteiger partial charge in [-0.15, -0.1) is 0 Å². The van der Waals surface area contributed by atoms with E-state index in [9.17, 15) is 14.9 Å². The Morgan fingerprint density at radius 3 is 2.52 bits per heavy atom. The quantitative estimate of drug-likeness (QED) is 0.427. The number of carbonyl (C=O) groups excluding carboxylic acids is 1. The Hall–Kier alpha value is -2.76. The van der Waals surface area contributed by atoms with Gasteiger partial charge in [-0.05, 0) is 23.6 Å². The predicted molar refractivity (Wildman–Crippen MR) is 96.3 cm³/mol. The van der Waals surface area contributed by atoms with Gasteiger partial charge in [0.1, 0.15) is 0 Å². The maximum absolute atomic E-state index is 12.7. The zero-order valence-corrected chi connectivity index (χ0v) is 14.4. The smallest absolute Gasteiger partial charge is 0.269 e. The van der Waals surface area contributed by atoms with Crippen molar-refractivity contribution >= 4 is 11.6 Å². The number of nitro groups is 1. The number of nitrogens with one attached hydrogen (secondary N) is 1. The fourth-order valence-electron chi connectivity index (χ4n) is 2.70. The molecule has 0 bridgehead atoms. The third-order valence-corrected chi connectivity index (χ3v) is 4.05. The molecule has 1 N–H and O–H groups in total. The fourth-order valence-corrected chi connectivity index (χ4v) is 2.70. The van der Waals surface area contributed by atoms with E-state index in [0.29, 0.717) is 12.1 Å². The van der Waals surface area contributed by atoms with Gasteiger partial charge >= 0.3 is 0 Å². The van der Waals surface area contributed by atoms with Crippen molar-refractivity contribution in [2.75, 3.05) is 6.54 Å². The summed E-state index contributed by atoms with van der Waals surface area (Å²) >= 11 is 0. The Morgan fingerprint density at radius 1 is 1.16 bits per heavy atom. The number of hydrogen-bond donors (Lipinski definition) is 1. The molecule has 0 fully saturated rings. The minimum Gasteiger partial charge on any atom is -0.355 e. The zero-order valence-electron chi connectivity index (χ0n) is 14.4. The molecular formula is C19H23N3O3. The van der Waals surface area contributed by atoms with Crippen molar-refractivity contribution in [2.45, 2.75) is 38.5 Å². The van der Waals surface area contributed by atoms with Crippen LogP contribution in [0.1, 0.15) is 49.7 Å². The number of benzene rings is 1. The van der Waals surface area contributed by atoms with Crippen LogP contribution in [-0.2, 0) is 4.79 Å². The van der Waals surface area contributed by atoms with Crippen LogP contribution in [0.2, 0.25) is 0 Å². The standard InChI is InChI=1S/C19H23N3O3/c1-2-3-4-5-13-21-19(23)18(16-7-6-12-20-14-16)15-8-10-17(11-9-15)22(24)25/h6-12,14,18H,2-5,13H2,1H3,(H,21,23). The largest absolute Gasteiger partial charge is 0.355 e. The number of rotatable bonds is 9. The molecule has 0 radical (unpaired) electrons. The van der Waals surface area contributed by atoms with Crippen LogP contribution >= 0.6 is 0 Å². The molecule has 2 aromatic rings. The van der Waals surface area contributed by atoms with Crippen molar-refractivity contribution in [3.05, 3.63) is 70.0 Å². The highest BCUT2D eigenvalue weighted by Gasteiger charge is 2.23. The summed E-state index contributed by atoms with van der Waals surface area (Å²) in [6, 6.07) is 9.73. The van der Waals surface area contributed by atoms with Gasteiger partial charge in [-0.25, -0.2) is 0 Å². The number of nitro benzene ring substituents is 1. The number of amides is 1. The summed E-state index contributed by atoms with van der Waals surface area (Å²) in [5.41, 5.74) is 1.49. The number of carbonyl (C=O) groups is 1. The third-order valence-electron chi connectivity index (χ3n) is 4.05. The molecule has 6 heteroatoms. The lowest BCUT2D eigenvalue weighted by atomic mass is 9.91. The van der Waals surface area contributed by atoms with Gasteiger partial charge in [-0.3, -0.25) is 19.9 Å². The summed E-state index contributed by atoms with van der Waals surface area (Å²) in [6.07, 6.45) is 7.65. The Balaban J connectivity index is 2.16. The predicted octanol–water partition coefficient (Wildman–Crippen LogP) is 3.82. The molecule has 2 rings (SSSR count). The summed E-state index contributed by atoms with van der Waals surface area (Å²) in [4.78, 5) is 27.2. The van der Waals surface area contributed by atoms with Crippen molar-refractivity contribution in [2.24, 2.45) is 0 Å². The average molecular weight is 341 g/mol. The summed E-state index contributed by atoms with van der Waals surface area (Å²) in [6.45, 7) is 2.77. The Bertz CT molecular complexity index is 687. The van der Waals surface area contributed by atoms with Gasteiger partial charge in [0.15, 0.2) is 0 Å². The van der Waals surface area contributed by atoms with Crippen LogP contribution in [0.15, 0.2) is 48.8 Å². The number of nitrogens with zero attached hydrogens (tertiary/aromatic N) is 2. The highest BCUT2D eigenvalue weighted by molar-refractivity contribution is 5.87. The van der Waals surface area contributed by atoms with Crippen molar-refractivity contribution < 1.29 is 9.72 Å². The van der Waals surface area contributed by atoms with E-state index in [1.807, 2.05) is 6.07 Å². The second-order valence-electron chi connectivity index (χ2n) is 5.92. The first-order valence-corrected chi connectivity index (χ1v) is 8.55. The van der Waals surface area contributed by atoms with Crippen LogP contribution in [0.3, 0.4) is 0 Å². The maximum atomic E-state index is 12.7. The molecule has 0 aliphatic rings. The molecular weight excluding hydrogens is 318 g/mol. The van der Waals surface area contributed by atoms with Crippen LogP contribution < -0.4 is 5.32 Å². The Morgan fingerprint density at radius 2 is 1.92 bits per heavy atom. The Kier molecular flexibility index (Phi) is 7.07. The van der Waals surface area contributed by atoms with E-state index in [-0.39, 0.29) is 11.6 Å². The fraction of sp³-hybridized carbons (Fsp3) is 0.368. The molecule has 0 aliphatic carbocycles. The maximum Gasteiger partial charge on any atom is 0.269 e. The van der Waals surface area contributed by atoms with Crippen LogP contribution in [0.4, 0.5) is 5.69 Å². The summed E-state index contributed by atoms with van der Waals surface area (Å²) < 4.78 is 0. The lowest BCUT2D eigenvalue weighted by Crippen LogP contribution is -2.31. The highest BCUT2D eigenvalue weighted by Crippen LogP contribution is 2.26. The number of hydrogen-bond acceptors (Lipinski definition) is 4. The highest BCUT2D eigenvalue weighted by atomic mass is 16.6. The normalized spacial score (nSPS) is 11.7. The first-order chi connectivity index (χ1) is 12.1. The van der Waals surface area contributed by atoms with Gasteiger partial charge < -0.3 is 5.32 Å². The lowest BCUT2D eigenvalue weighted by Gasteiger charge is -2.17. The minimum absolute atomic E-state index is 0.00802. The number of aromatic nitrogens is 1. The zero-order chi connectivity index (χ0) is 18.1. The van der Waals surface area contributed by atoms with Crippen LogP contribution in [-0.4, -0.2) is 22.4 Å². The topological polar surface area (TPSA) is 85.1 Å². The third kappa shape index (κ3) is 5.38. The monoisotopic (exact) mass is 341 g/mol. The van der Waals surface area contributed by atoms with E-state index in [2.05, 4.69) is 17.2 Å². The van der Waals surface area contributed by atoms with Gasteiger partial charge in [0.2, 0.25) is 5.91 Å². The molecule has 1 aromatic heterocycles. The molecule has 25 heavy (non-hydrogen) atoms. The molecule has 0 saturated heterocycles. The van der Waals surface area contributed by atoms with Crippen LogP contribution in [0.5, 0.6) is 0 Å². The number of unbranched alkanes of at least 4 members (excludes halogenated alkanes) is 3. The number of pyridine rings is 1. The molecule has 0 aliphatic heterocycles. The van der Waals surface area contributed by atoms with E-state index in [1.54, 1.807) is 30.6 Å². The molecule has 0 saturated carbocycles. The van der Waals surface area contributed by atoms with Gasteiger partial charge in [0.25, 0.3) is 5.69 Å². The van der Waals surface area contributed by atoms with E-state index in [1.165, 1.54) is 12.1 Å².